The van der Waals surface area contributed by atoms with Crippen LogP contribution < -0.4 is 5.73 Å². The highest BCUT2D eigenvalue weighted by Crippen LogP contribution is 2.30. The molecule has 3 aromatic rings. The minimum Gasteiger partial charge on any atom is -0.383 e. The zero-order valence-electron chi connectivity index (χ0n) is 11.1. The summed E-state index contributed by atoms with van der Waals surface area (Å²) in [5.41, 5.74) is 9.83. The first-order valence-electron chi connectivity index (χ1n) is 6.17. The van der Waals surface area contributed by atoms with Gasteiger partial charge in [0.2, 0.25) is 0 Å². The number of aromatic nitrogens is 2. The Labute approximate surface area is 120 Å². The molecule has 0 amide bonds. The Hall–Kier alpha value is -2.07. The normalized spacial score (nSPS) is 11.2. The average molecular weight is 290 g/mol. The van der Waals surface area contributed by atoms with E-state index in [1.54, 1.807) is 29.7 Å². The van der Waals surface area contributed by atoms with Crippen LogP contribution in [0.2, 0.25) is 5.02 Å². The lowest BCUT2D eigenvalue weighted by Crippen LogP contribution is -1.95. The third-order valence-corrected chi connectivity index (χ3v) is 3.55. The molecule has 3 nitrogen and oxygen atoms in total. The van der Waals surface area contributed by atoms with Gasteiger partial charge in [0.25, 0.3) is 0 Å². The van der Waals surface area contributed by atoms with Crippen LogP contribution in [0.25, 0.3) is 16.9 Å². The van der Waals surface area contributed by atoms with Gasteiger partial charge in [0, 0.05) is 11.8 Å². The number of imidazole rings is 1. The van der Waals surface area contributed by atoms with Gasteiger partial charge in [0.05, 0.1) is 5.02 Å². The first kappa shape index (κ1) is 12.9. The van der Waals surface area contributed by atoms with Gasteiger partial charge in [-0.15, -0.1) is 0 Å². The van der Waals surface area contributed by atoms with Crippen molar-refractivity contribution in [3.05, 3.63) is 52.4 Å². The molecule has 0 aliphatic heterocycles. The molecule has 2 aromatic heterocycles. The molecule has 3 rings (SSSR count). The lowest BCUT2D eigenvalue weighted by Gasteiger charge is -2.02. The van der Waals surface area contributed by atoms with Crippen molar-refractivity contribution in [1.29, 1.82) is 0 Å². The minimum absolute atomic E-state index is 0.240. The zero-order valence-corrected chi connectivity index (χ0v) is 11.9. The standard InChI is InChI=1S/C15H13ClFN3/c1-8-5-10(3-4-12(8)17)13-14(18)20-7-11(16)6-9(2)15(20)19-13/h3-7H,18H2,1-2H3. The largest absolute Gasteiger partial charge is 0.383 e. The van der Waals surface area contributed by atoms with Crippen molar-refractivity contribution in [1.82, 2.24) is 9.38 Å². The van der Waals surface area contributed by atoms with E-state index in [9.17, 15) is 4.39 Å². The van der Waals surface area contributed by atoms with Gasteiger partial charge in [-0.3, -0.25) is 4.40 Å². The summed E-state index contributed by atoms with van der Waals surface area (Å²) in [5, 5.41) is 0.598. The van der Waals surface area contributed by atoms with E-state index in [-0.39, 0.29) is 5.82 Å². The van der Waals surface area contributed by atoms with E-state index >= 15 is 0 Å². The number of rotatable bonds is 1. The fraction of sp³-hybridized carbons (Fsp3) is 0.133. The summed E-state index contributed by atoms with van der Waals surface area (Å²) >= 11 is 6.04. The molecular formula is C15H13ClFN3. The van der Waals surface area contributed by atoms with Crippen LogP contribution in [-0.4, -0.2) is 9.38 Å². The smallest absolute Gasteiger partial charge is 0.142 e. The van der Waals surface area contributed by atoms with E-state index in [2.05, 4.69) is 4.98 Å². The number of fused-ring (bicyclic) bond motifs is 1. The van der Waals surface area contributed by atoms with Gasteiger partial charge in [-0.25, -0.2) is 9.37 Å². The van der Waals surface area contributed by atoms with Gasteiger partial charge in [-0.2, -0.15) is 0 Å². The average Bonchev–Trinajstić information content (AvgIpc) is 2.71. The summed E-state index contributed by atoms with van der Waals surface area (Å²) in [5.74, 6) is 0.256. The molecule has 1 aromatic carbocycles. The number of nitrogens with two attached hydrogens (primary N) is 1. The Kier molecular flexibility index (Phi) is 2.91. The molecule has 102 valence electrons. The Morgan fingerprint density at radius 3 is 2.65 bits per heavy atom. The van der Waals surface area contributed by atoms with E-state index in [1.165, 1.54) is 6.07 Å². The molecule has 0 unspecified atom stereocenters. The van der Waals surface area contributed by atoms with Gasteiger partial charge < -0.3 is 5.73 Å². The van der Waals surface area contributed by atoms with Crippen molar-refractivity contribution in [2.45, 2.75) is 13.8 Å². The predicted molar refractivity (Wildman–Crippen MR) is 79.5 cm³/mol. The van der Waals surface area contributed by atoms with Crippen LogP contribution in [0.4, 0.5) is 10.2 Å². The van der Waals surface area contributed by atoms with Crippen molar-refractivity contribution < 1.29 is 4.39 Å². The van der Waals surface area contributed by atoms with Crippen molar-refractivity contribution in [3.63, 3.8) is 0 Å². The van der Waals surface area contributed by atoms with Crippen molar-refractivity contribution in [2.75, 3.05) is 5.73 Å². The predicted octanol–water partition coefficient (Wildman–Crippen LogP) is 3.99. The van der Waals surface area contributed by atoms with Gasteiger partial charge in [-0.05, 0) is 49.2 Å². The number of hydrogen-bond donors (Lipinski definition) is 1. The third-order valence-electron chi connectivity index (χ3n) is 3.34. The number of nitrogens with zero attached hydrogens (tertiary/aromatic N) is 2. The van der Waals surface area contributed by atoms with Crippen LogP contribution >= 0.6 is 11.6 Å². The van der Waals surface area contributed by atoms with Crippen LogP contribution in [-0.2, 0) is 0 Å². The van der Waals surface area contributed by atoms with E-state index in [1.807, 2.05) is 13.0 Å². The molecule has 2 N–H and O–H groups in total. The summed E-state index contributed by atoms with van der Waals surface area (Å²) < 4.78 is 15.1. The Balaban J connectivity index is 2.29. The Morgan fingerprint density at radius 2 is 1.95 bits per heavy atom. The molecule has 2 heterocycles. The molecule has 0 aliphatic rings. The zero-order chi connectivity index (χ0) is 14.4. The van der Waals surface area contributed by atoms with Crippen LogP contribution in [0.5, 0.6) is 0 Å². The lowest BCUT2D eigenvalue weighted by molar-refractivity contribution is 0.619. The number of nitrogen functional groups attached to an aromatic ring is 1. The lowest BCUT2D eigenvalue weighted by atomic mass is 10.1. The SMILES string of the molecule is Cc1cc(-c2nc3c(C)cc(Cl)cn3c2N)ccc1F. The number of hydrogen-bond acceptors (Lipinski definition) is 2. The summed E-state index contributed by atoms with van der Waals surface area (Å²) in [6, 6.07) is 6.68. The monoisotopic (exact) mass is 289 g/mol. The molecule has 0 atom stereocenters. The summed E-state index contributed by atoms with van der Waals surface area (Å²) in [6.45, 7) is 3.64. The number of benzene rings is 1. The third kappa shape index (κ3) is 1.93. The second-order valence-electron chi connectivity index (χ2n) is 4.84. The van der Waals surface area contributed by atoms with Gasteiger partial charge in [0.1, 0.15) is 23.0 Å². The van der Waals surface area contributed by atoms with E-state index < -0.39 is 0 Å². The number of aryl methyl sites for hydroxylation is 2. The highest BCUT2D eigenvalue weighted by molar-refractivity contribution is 6.30. The van der Waals surface area contributed by atoms with Crippen molar-refractivity contribution >= 4 is 23.1 Å². The maximum Gasteiger partial charge on any atom is 0.142 e. The van der Waals surface area contributed by atoms with Crippen LogP contribution in [0.3, 0.4) is 0 Å². The second-order valence-corrected chi connectivity index (χ2v) is 5.28. The Morgan fingerprint density at radius 1 is 1.20 bits per heavy atom. The fourth-order valence-corrected chi connectivity index (χ4v) is 2.55. The topological polar surface area (TPSA) is 43.3 Å². The van der Waals surface area contributed by atoms with Gasteiger partial charge in [0.15, 0.2) is 0 Å². The molecule has 5 heteroatoms. The number of halogens is 2. The number of anilines is 1. The highest BCUT2D eigenvalue weighted by atomic mass is 35.5. The first-order chi connectivity index (χ1) is 9.47. The van der Waals surface area contributed by atoms with E-state index in [0.29, 0.717) is 22.1 Å². The minimum atomic E-state index is -0.240. The molecule has 0 bridgehead atoms. The van der Waals surface area contributed by atoms with Gasteiger partial charge in [-0.1, -0.05) is 11.6 Å². The summed E-state index contributed by atoms with van der Waals surface area (Å²) in [6.07, 6.45) is 1.73. The van der Waals surface area contributed by atoms with E-state index in [4.69, 9.17) is 17.3 Å². The molecule has 0 aliphatic carbocycles. The molecule has 0 radical (unpaired) electrons. The van der Waals surface area contributed by atoms with Crippen LogP contribution in [0.1, 0.15) is 11.1 Å². The molecule has 0 saturated carbocycles. The highest BCUT2D eigenvalue weighted by Gasteiger charge is 2.14. The molecule has 0 spiro atoms. The molecule has 0 saturated heterocycles. The van der Waals surface area contributed by atoms with E-state index in [0.717, 1.165) is 16.8 Å². The number of pyridine rings is 1. The molecular weight excluding hydrogens is 277 g/mol. The summed E-state index contributed by atoms with van der Waals surface area (Å²) in [4.78, 5) is 4.55. The summed E-state index contributed by atoms with van der Waals surface area (Å²) in [7, 11) is 0. The maximum atomic E-state index is 13.4. The van der Waals surface area contributed by atoms with Crippen molar-refractivity contribution in [3.8, 4) is 11.3 Å². The van der Waals surface area contributed by atoms with Crippen LogP contribution in [0, 0.1) is 19.7 Å². The Bertz CT molecular complexity index is 824. The van der Waals surface area contributed by atoms with Gasteiger partial charge >= 0.3 is 0 Å². The quantitative estimate of drug-likeness (QED) is 0.736. The van der Waals surface area contributed by atoms with Crippen molar-refractivity contribution in [2.24, 2.45) is 0 Å². The second kappa shape index (κ2) is 4.49. The molecule has 20 heavy (non-hydrogen) atoms. The molecule has 0 fully saturated rings. The first-order valence-corrected chi connectivity index (χ1v) is 6.55. The maximum absolute atomic E-state index is 13.4. The fourth-order valence-electron chi connectivity index (χ4n) is 2.29. The van der Waals surface area contributed by atoms with Crippen LogP contribution in [0.15, 0.2) is 30.5 Å².